The molecule has 120 valence electrons. The summed E-state index contributed by atoms with van der Waals surface area (Å²) in [6.45, 7) is 0.893. The maximum atomic E-state index is 12.4. The van der Waals surface area contributed by atoms with Crippen molar-refractivity contribution < 1.29 is 23.1 Å². The lowest BCUT2D eigenvalue weighted by molar-refractivity contribution is -0.140. The number of aliphatic carboxylic acids is 1. The summed E-state index contributed by atoms with van der Waals surface area (Å²) in [5, 5.41) is 8.78. The molecule has 7 nitrogen and oxygen atoms in total. The first kappa shape index (κ1) is 16.2. The van der Waals surface area contributed by atoms with Crippen molar-refractivity contribution in [2.24, 2.45) is 0 Å². The lowest BCUT2D eigenvalue weighted by atomic mass is 9.98. The quantitative estimate of drug-likeness (QED) is 0.785. The number of likely N-dealkylation sites (tertiary alicyclic amines) is 1. The molecule has 2 rings (SSSR count). The Morgan fingerprint density at radius 3 is 2.52 bits per heavy atom. The summed E-state index contributed by atoms with van der Waals surface area (Å²) >= 11 is 0. The van der Waals surface area contributed by atoms with Gasteiger partial charge in [0.1, 0.15) is 0 Å². The molecule has 8 heteroatoms. The maximum Gasteiger partial charge on any atom is 0.303 e. The molecule has 0 aromatic carbocycles. The zero-order chi connectivity index (χ0) is 15.5. The second-order valence-corrected chi connectivity index (χ2v) is 7.76. The predicted molar refractivity (Wildman–Crippen MR) is 76.2 cm³/mol. The molecule has 0 saturated carbocycles. The number of hydrogen-bond acceptors (Lipinski definition) is 4. The summed E-state index contributed by atoms with van der Waals surface area (Å²) in [5.41, 5.74) is 0. The fraction of sp³-hybridized carbons (Fsp3) is 0.846. The topological polar surface area (TPSA) is 95.0 Å². The van der Waals surface area contributed by atoms with E-state index in [2.05, 4.69) is 0 Å². The maximum absolute atomic E-state index is 12.4. The smallest absolute Gasteiger partial charge is 0.303 e. The van der Waals surface area contributed by atoms with Gasteiger partial charge in [0.15, 0.2) is 0 Å². The third-order valence-electron chi connectivity index (χ3n) is 4.15. The Kier molecular flexibility index (Phi) is 5.21. The molecule has 2 saturated heterocycles. The van der Waals surface area contributed by atoms with Crippen LogP contribution in [0.25, 0.3) is 0 Å². The van der Waals surface area contributed by atoms with Crippen molar-refractivity contribution in [2.45, 2.75) is 44.6 Å². The lowest BCUT2D eigenvalue weighted by Gasteiger charge is -2.36. The van der Waals surface area contributed by atoms with Gasteiger partial charge in [-0.1, -0.05) is 0 Å². The molecule has 1 unspecified atom stereocenters. The van der Waals surface area contributed by atoms with E-state index >= 15 is 0 Å². The van der Waals surface area contributed by atoms with E-state index in [9.17, 15) is 18.0 Å². The highest BCUT2D eigenvalue weighted by Gasteiger charge is 2.33. The van der Waals surface area contributed by atoms with Crippen LogP contribution in [0.4, 0.5) is 0 Å². The van der Waals surface area contributed by atoms with E-state index in [0.29, 0.717) is 25.9 Å². The van der Waals surface area contributed by atoms with Crippen LogP contribution in [0.2, 0.25) is 0 Å². The summed E-state index contributed by atoms with van der Waals surface area (Å²) in [6, 6.07) is -0.0762. The Morgan fingerprint density at radius 1 is 1.14 bits per heavy atom. The number of nitrogens with zero attached hydrogens (tertiary/aromatic N) is 2. The minimum atomic E-state index is -3.27. The Bertz CT molecular complexity index is 505. The molecule has 2 aliphatic heterocycles. The van der Waals surface area contributed by atoms with Crippen LogP contribution in [-0.2, 0) is 19.6 Å². The first-order valence-electron chi connectivity index (χ1n) is 7.39. The third-order valence-corrected chi connectivity index (χ3v) is 6.06. The Balaban J connectivity index is 1.96. The van der Waals surface area contributed by atoms with Crippen LogP contribution in [0.15, 0.2) is 0 Å². The van der Waals surface area contributed by atoms with Gasteiger partial charge in [-0.15, -0.1) is 0 Å². The van der Waals surface area contributed by atoms with Crippen LogP contribution < -0.4 is 0 Å². The summed E-state index contributed by atoms with van der Waals surface area (Å²) in [4.78, 5) is 24.7. The number of piperidine rings is 1. The van der Waals surface area contributed by atoms with Gasteiger partial charge in [-0.25, -0.2) is 8.42 Å². The van der Waals surface area contributed by atoms with Crippen LogP contribution in [0.5, 0.6) is 0 Å². The number of hydrogen-bond donors (Lipinski definition) is 1. The average molecular weight is 318 g/mol. The van der Waals surface area contributed by atoms with E-state index in [4.69, 9.17) is 5.11 Å². The second-order valence-electron chi connectivity index (χ2n) is 5.67. The van der Waals surface area contributed by atoms with Gasteiger partial charge >= 0.3 is 5.97 Å². The van der Waals surface area contributed by atoms with Gasteiger partial charge in [0, 0.05) is 25.6 Å². The van der Waals surface area contributed by atoms with Crippen LogP contribution in [0.1, 0.15) is 38.5 Å². The normalized spacial score (nSPS) is 25.9. The zero-order valence-electron chi connectivity index (χ0n) is 12.0. The second kappa shape index (κ2) is 6.74. The molecule has 0 aliphatic carbocycles. The van der Waals surface area contributed by atoms with Crippen molar-refractivity contribution in [3.63, 3.8) is 0 Å². The van der Waals surface area contributed by atoms with Crippen molar-refractivity contribution in [1.29, 1.82) is 0 Å². The van der Waals surface area contributed by atoms with Gasteiger partial charge < -0.3 is 10.0 Å². The average Bonchev–Trinajstić information content (AvgIpc) is 2.76. The van der Waals surface area contributed by atoms with Crippen LogP contribution in [-0.4, -0.2) is 66.0 Å². The van der Waals surface area contributed by atoms with E-state index in [1.165, 1.54) is 4.31 Å². The van der Waals surface area contributed by atoms with Gasteiger partial charge in [0.25, 0.3) is 0 Å². The number of carboxylic acids is 1. The fourth-order valence-corrected chi connectivity index (χ4v) is 4.50. The summed E-state index contributed by atoms with van der Waals surface area (Å²) in [6.07, 6.45) is 3.71. The van der Waals surface area contributed by atoms with E-state index in [-0.39, 0.29) is 30.7 Å². The molecular weight excluding hydrogens is 296 g/mol. The van der Waals surface area contributed by atoms with E-state index in [1.807, 2.05) is 0 Å². The minimum Gasteiger partial charge on any atom is -0.481 e. The largest absolute Gasteiger partial charge is 0.481 e. The minimum absolute atomic E-state index is 0.0382. The van der Waals surface area contributed by atoms with Crippen molar-refractivity contribution in [3.8, 4) is 0 Å². The van der Waals surface area contributed by atoms with Crippen molar-refractivity contribution >= 4 is 21.9 Å². The number of amides is 1. The predicted octanol–water partition coefficient (Wildman–Crippen LogP) is 0.268. The van der Waals surface area contributed by atoms with Gasteiger partial charge in [-0.2, -0.15) is 4.31 Å². The number of carbonyl (C=O) groups excluding carboxylic acids is 1. The number of carboxylic acid groups (broad SMARTS) is 1. The summed E-state index contributed by atoms with van der Waals surface area (Å²) in [5.74, 6) is -0.950. The van der Waals surface area contributed by atoms with Crippen molar-refractivity contribution in [2.75, 3.05) is 25.4 Å². The zero-order valence-corrected chi connectivity index (χ0v) is 12.8. The molecule has 0 spiro atoms. The molecule has 21 heavy (non-hydrogen) atoms. The highest BCUT2D eigenvalue weighted by molar-refractivity contribution is 7.89. The molecule has 1 N–H and O–H groups in total. The first-order chi connectivity index (χ1) is 9.90. The number of sulfonamides is 1. The molecule has 2 aliphatic rings. The molecular formula is C13H22N2O5S. The van der Waals surface area contributed by atoms with Gasteiger partial charge in [0.05, 0.1) is 12.3 Å². The van der Waals surface area contributed by atoms with Gasteiger partial charge in [-0.3, -0.25) is 9.59 Å². The van der Waals surface area contributed by atoms with Gasteiger partial charge in [0.2, 0.25) is 15.9 Å². The first-order valence-corrected chi connectivity index (χ1v) is 9.00. The molecule has 0 radical (unpaired) electrons. The molecule has 2 fully saturated rings. The lowest BCUT2D eigenvalue weighted by Crippen LogP contribution is -2.48. The van der Waals surface area contributed by atoms with Crippen LogP contribution in [0.3, 0.4) is 0 Å². The number of carbonyl (C=O) groups is 2. The van der Waals surface area contributed by atoms with E-state index in [1.54, 1.807) is 4.90 Å². The molecule has 0 aromatic heterocycles. The molecule has 1 amide bonds. The molecule has 0 bridgehead atoms. The Hall–Kier alpha value is -1.15. The van der Waals surface area contributed by atoms with Crippen LogP contribution in [0, 0.1) is 0 Å². The van der Waals surface area contributed by atoms with E-state index in [0.717, 1.165) is 19.3 Å². The van der Waals surface area contributed by atoms with Gasteiger partial charge in [-0.05, 0) is 32.1 Å². The van der Waals surface area contributed by atoms with Crippen LogP contribution >= 0.6 is 0 Å². The number of rotatable bonds is 5. The Labute approximate surface area is 125 Å². The van der Waals surface area contributed by atoms with Crippen molar-refractivity contribution in [3.05, 3.63) is 0 Å². The monoisotopic (exact) mass is 318 g/mol. The summed E-state index contributed by atoms with van der Waals surface area (Å²) in [7, 11) is -3.27. The molecule has 2 heterocycles. The standard InChI is InChI=1S/C13H22N2O5S/c16-12(10-14-7-3-9-21(14,19)20)15-8-2-1-4-11(15)5-6-13(17)18/h11H,1-10H2,(H,17,18). The third kappa shape index (κ3) is 4.16. The molecule has 0 aromatic rings. The summed E-state index contributed by atoms with van der Waals surface area (Å²) < 4.78 is 24.8. The highest BCUT2D eigenvalue weighted by atomic mass is 32.2. The van der Waals surface area contributed by atoms with E-state index < -0.39 is 16.0 Å². The SMILES string of the molecule is O=C(O)CCC1CCCCN1C(=O)CN1CCCS1(=O)=O. The van der Waals surface area contributed by atoms with Crippen molar-refractivity contribution in [1.82, 2.24) is 9.21 Å². The fourth-order valence-electron chi connectivity index (χ4n) is 3.03. The molecule has 1 atom stereocenters. The Morgan fingerprint density at radius 2 is 1.90 bits per heavy atom. The highest BCUT2D eigenvalue weighted by Crippen LogP contribution is 2.22.